The zero-order chi connectivity index (χ0) is 26.6. The molecule has 1 aromatic heterocycles. The van der Waals surface area contributed by atoms with Crippen molar-refractivity contribution in [2.45, 2.75) is 19.8 Å². The molecule has 1 aliphatic rings. The van der Waals surface area contributed by atoms with E-state index in [1.807, 2.05) is 48.5 Å². The maximum absolute atomic E-state index is 13.9. The standard InChI is InChI=1S/C31H28Cl2FN3O/c1-2-24(25-12-9-22(34)17-27(25)32)29(31-30(33)26-5-3-4-6-28(26)36-31)21-7-10-23(11-8-21)38-16-15-37-18-20(19-37)13-14-35/h3-12,17,20,36H,2,13,15-16,18-19H2,1H3/b29-24+. The Balaban J connectivity index is 1.47. The molecule has 0 spiro atoms. The molecule has 4 aromatic rings. The summed E-state index contributed by atoms with van der Waals surface area (Å²) in [6.45, 7) is 5.39. The second-order valence-corrected chi connectivity index (χ2v) is 10.3. The van der Waals surface area contributed by atoms with Crippen molar-refractivity contribution in [2.75, 3.05) is 26.2 Å². The molecular formula is C31H28Cl2FN3O. The fraction of sp³-hybridized carbons (Fsp3) is 0.258. The van der Waals surface area contributed by atoms with Gasteiger partial charge in [0.05, 0.1) is 21.8 Å². The van der Waals surface area contributed by atoms with Gasteiger partial charge in [-0.3, -0.25) is 4.90 Å². The lowest BCUT2D eigenvalue weighted by Gasteiger charge is -2.37. The van der Waals surface area contributed by atoms with Crippen LogP contribution >= 0.6 is 23.2 Å². The number of H-pyrrole nitrogens is 1. The Morgan fingerprint density at radius 3 is 2.55 bits per heavy atom. The van der Waals surface area contributed by atoms with Crippen LogP contribution in [0.4, 0.5) is 4.39 Å². The van der Waals surface area contributed by atoms with Crippen LogP contribution in [0.3, 0.4) is 0 Å². The highest BCUT2D eigenvalue weighted by Gasteiger charge is 2.26. The van der Waals surface area contributed by atoms with Crippen LogP contribution in [0.25, 0.3) is 22.0 Å². The SMILES string of the molecule is CC/C(=C(/c1ccc(OCCN2CC(CC#N)C2)cc1)c1[nH]c2ccccc2c1Cl)c1ccc(F)cc1Cl. The Bertz CT molecular complexity index is 1510. The minimum absolute atomic E-state index is 0.356. The Morgan fingerprint density at radius 2 is 1.87 bits per heavy atom. The Morgan fingerprint density at radius 1 is 1.11 bits per heavy atom. The second-order valence-electron chi connectivity index (χ2n) is 9.55. The van der Waals surface area contributed by atoms with Crippen molar-refractivity contribution >= 4 is 45.3 Å². The molecule has 0 atom stereocenters. The van der Waals surface area contributed by atoms with Crippen LogP contribution in [-0.2, 0) is 0 Å². The molecule has 1 fully saturated rings. The van der Waals surface area contributed by atoms with Crippen molar-refractivity contribution in [3.8, 4) is 11.8 Å². The topological polar surface area (TPSA) is 52.0 Å². The number of nitrogens with zero attached hydrogens (tertiary/aromatic N) is 2. The third kappa shape index (κ3) is 5.44. The first-order valence-electron chi connectivity index (χ1n) is 12.8. The van der Waals surface area contributed by atoms with Crippen LogP contribution in [-0.4, -0.2) is 36.1 Å². The number of nitrogens with one attached hydrogen (secondary N) is 1. The third-order valence-corrected chi connectivity index (χ3v) is 7.74. The zero-order valence-corrected chi connectivity index (χ0v) is 22.6. The van der Waals surface area contributed by atoms with E-state index in [0.717, 1.165) is 64.3 Å². The predicted octanol–water partition coefficient (Wildman–Crippen LogP) is 8.21. The molecule has 3 aromatic carbocycles. The molecule has 0 aliphatic carbocycles. The molecule has 7 heteroatoms. The van der Waals surface area contributed by atoms with Gasteiger partial charge < -0.3 is 9.72 Å². The van der Waals surface area contributed by atoms with Crippen molar-refractivity contribution in [3.63, 3.8) is 0 Å². The van der Waals surface area contributed by atoms with Gasteiger partial charge in [0, 0.05) is 42.5 Å². The molecule has 194 valence electrons. The largest absolute Gasteiger partial charge is 0.492 e. The highest BCUT2D eigenvalue weighted by atomic mass is 35.5. The Labute approximate surface area is 232 Å². The molecule has 4 nitrogen and oxygen atoms in total. The smallest absolute Gasteiger partial charge is 0.124 e. The molecule has 0 bridgehead atoms. The summed E-state index contributed by atoms with van der Waals surface area (Å²) in [5.74, 6) is 0.894. The van der Waals surface area contributed by atoms with Crippen LogP contribution in [0.1, 0.15) is 36.6 Å². The molecule has 0 saturated carbocycles. The van der Waals surface area contributed by atoms with E-state index in [2.05, 4.69) is 22.9 Å². The van der Waals surface area contributed by atoms with E-state index in [-0.39, 0.29) is 5.82 Å². The molecule has 1 N–H and O–H groups in total. The van der Waals surface area contributed by atoms with E-state index < -0.39 is 0 Å². The van der Waals surface area contributed by atoms with Gasteiger partial charge in [-0.25, -0.2) is 4.39 Å². The van der Waals surface area contributed by atoms with Gasteiger partial charge in [0.25, 0.3) is 0 Å². The quantitative estimate of drug-likeness (QED) is 0.215. The number of hydrogen-bond donors (Lipinski definition) is 1. The number of benzene rings is 3. The van der Waals surface area contributed by atoms with Crippen molar-refractivity contribution < 1.29 is 9.13 Å². The van der Waals surface area contributed by atoms with E-state index in [1.165, 1.54) is 12.1 Å². The zero-order valence-electron chi connectivity index (χ0n) is 21.1. The number of ether oxygens (including phenoxy) is 1. The van der Waals surface area contributed by atoms with Gasteiger partial charge in [-0.05, 0) is 59.4 Å². The Kier molecular flexibility index (Phi) is 8.04. The summed E-state index contributed by atoms with van der Waals surface area (Å²) in [4.78, 5) is 5.80. The number of rotatable bonds is 9. The van der Waals surface area contributed by atoms with Gasteiger partial charge >= 0.3 is 0 Å². The van der Waals surface area contributed by atoms with Crippen LogP contribution in [0.5, 0.6) is 5.75 Å². The molecule has 1 aliphatic heterocycles. The lowest BCUT2D eigenvalue weighted by atomic mass is 9.90. The van der Waals surface area contributed by atoms with Crippen LogP contribution in [0, 0.1) is 23.1 Å². The minimum atomic E-state index is -0.375. The lowest BCUT2D eigenvalue weighted by Crippen LogP contribution is -2.47. The van der Waals surface area contributed by atoms with Crippen LogP contribution in [0.2, 0.25) is 10.0 Å². The summed E-state index contributed by atoms with van der Waals surface area (Å²) >= 11 is 13.5. The number of hydrogen-bond acceptors (Lipinski definition) is 3. The van der Waals surface area contributed by atoms with Crippen molar-refractivity contribution in [1.82, 2.24) is 9.88 Å². The highest BCUT2D eigenvalue weighted by molar-refractivity contribution is 6.38. The Hall–Kier alpha value is -3.30. The number of aromatic nitrogens is 1. The number of halogens is 3. The minimum Gasteiger partial charge on any atom is -0.492 e. The maximum atomic E-state index is 13.9. The molecule has 2 heterocycles. The number of aromatic amines is 1. The molecular weight excluding hydrogens is 520 g/mol. The number of para-hydroxylation sites is 1. The normalized spacial score (nSPS) is 14.7. The van der Waals surface area contributed by atoms with Crippen LogP contribution < -0.4 is 4.74 Å². The average Bonchev–Trinajstić information content (AvgIpc) is 3.22. The monoisotopic (exact) mass is 547 g/mol. The molecule has 1 saturated heterocycles. The average molecular weight is 548 g/mol. The number of allylic oxidation sites excluding steroid dienone is 1. The number of nitriles is 1. The van der Waals surface area contributed by atoms with Gasteiger partial charge in [-0.2, -0.15) is 5.26 Å². The summed E-state index contributed by atoms with van der Waals surface area (Å²) in [7, 11) is 0. The van der Waals surface area contributed by atoms with Gasteiger partial charge in [0.1, 0.15) is 18.2 Å². The van der Waals surface area contributed by atoms with E-state index in [0.29, 0.717) is 35.4 Å². The van der Waals surface area contributed by atoms with E-state index in [4.69, 9.17) is 33.2 Å². The van der Waals surface area contributed by atoms with E-state index in [9.17, 15) is 4.39 Å². The second kappa shape index (κ2) is 11.6. The first-order valence-corrected chi connectivity index (χ1v) is 13.5. The summed E-state index contributed by atoms with van der Waals surface area (Å²) < 4.78 is 19.9. The van der Waals surface area contributed by atoms with E-state index >= 15 is 0 Å². The van der Waals surface area contributed by atoms with E-state index in [1.54, 1.807) is 6.07 Å². The summed E-state index contributed by atoms with van der Waals surface area (Å²) in [5, 5.41) is 10.7. The van der Waals surface area contributed by atoms with Crippen molar-refractivity contribution in [1.29, 1.82) is 5.26 Å². The highest BCUT2D eigenvalue weighted by Crippen LogP contribution is 2.42. The lowest BCUT2D eigenvalue weighted by molar-refractivity contribution is 0.0854. The predicted molar refractivity (Wildman–Crippen MR) is 153 cm³/mol. The van der Waals surface area contributed by atoms with Gasteiger partial charge in [0.2, 0.25) is 0 Å². The van der Waals surface area contributed by atoms with Gasteiger partial charge in [-0.15, -0.1) is 0 Å². The first-order chi connectivity index (χ1) is 18.5. The first kappa shape index (κ1) is 26.3. The van der Waals surface area contributed by atoms with Crippen molar-refractivity contribution in [3.05, 3.63) is 99.4 Å². The third-order valence-electron chi connectivity index (χ3n) is 7.04. The molecule has 0 amide bonds. The fourth-order valence-electron chi connectivity index (χ4n) is 5.11. The summed E-state index contributed by atoms with van der Waals surface area (Å²) in [6.07, 6.45) is 1.28. The fourth-order valence-corrected chi connectivity index (χ4v) is 5.70. The summed E-state index contributed by atoms with van der Waals surface area (Å²) in [6, 6.07) is 22.6. The van der Waals surface area contributed by atoms with Crippen molar-refractivity contribution in [2.24, 2.45) is 5.92 Å². The molecule has 38 heavy (non-hydrogen) atoms. The van der Waals surface area contributed by atoms with Crippen LogP contribution in [0.15, 0.2) is 66.7 Å². The van der Waals surface area contributed by atoms with Gasteiger partial charge in [-0.1, -0.05) is 66.5 Å². The molecule has 0 unspecified atom stereocenters. The number of fused-ring (bicyclic) bond motifs is 1. The molecule has 5 rings (SSSR count). The number of likely N-dealkylation sites (tertiary alicyclic amines) is 1. The summed E-state index contributed by atoms with van der Waals surface area (Å²) in [5.41, 5.74) is 5.33. The molecule has 0 radical (unpaired) electrons. The van der Waals surface area contributed by atoms with Gasteiger partial charge in [0.15, 0.2) is 0 Å². The maximum Gasteiger partial charge on any atom is 0.124 e.